The standard InChI is InChI=1S/C14H17BrFNO3/c15-12-6-11(16)3-4-13(12)20-9-14(18)17-7-10-2-1-5-19-8-10/h3-4,6,10H,1-2,5,7-9H2,(H,17,18). The number of halogens is 2. The average molecular weight is 346 g/mol. The van der Waals surface area contributed by atoms with E-state index in [1.165, 1.54) is 18.2 Å². The van der Waals surface area contributed by atoms with Crippen LogP contribution in [0.5, 0.6) is 5.75 Å². The molecule has 1 unspecified atom stereocenters. The van der Waals surface area contributed by atoms with E-state index in [9.17, 15) is 9.18 Å². The van der Waals surface area contributed by atoms with Gasteiger partial charge in [-0.1, -0.05) is 0 Å². The van der Waals surface area contributed by atoms with Crippen LogP contribution in [0.1, 0.15) is 12.8 Å². The third kappa shape index (κ3) is 4.76. The fourth-order valence-corrected chi connectivity index (χ4v) is 2.48. The van der Waals surface area contributed by atoms with Gasteiger partial charge in [0.25, 0.3) is 5.91 Å². The molecule has 1 atom stereocenters. The number of carbonyl (C=O) groups is 1. The summed E-state index contributed by atoms with van der Waals surface area (Å²) < 4.78 is 24.1. The summed E-state index contributed by atoms with van der Waals surface area (Å²) in [5.74, 6) is 0.283. The first-order valence-corrected chi connectivity index (χ1v) is 7.37. The highest BCUT2D eigenvalue weighted by Gasteiger charge is 2.15. The summed E-state index contributed by atoms with van der Waals surface area (Å²) in [7, 11) is 0. The molecule has 4 nitrogen and oxygen atoms in total. The molecular formula is C14H17BrFNO3. The van der Waals surface area contributed by atoms with E-state index in [-0.39, 0.29) is 18.3 Å². The molecule has 0 bridgehead atoms. The molecule has 2 rings (SSSR count). The smallest absolute Gasteiger partial charge is 0.257 e. The molecule has 0 saturated carbocycles. The summed E-state index contributed by atoms with van der Waals surface area (Å²) in [5, 5.41) is 2.82. The Hall–Kier alpha value is -1.14. The van der Waals surface area contributed by atoms with Crippen LogP contribution in [0, 0.1) is 11.7 Å². The summed E-state index contributed by atoms with van der Waals surface area (Å²) >= 11 is 3.19. The Morgan fingerprint density at radius 3 is 3.10 bits per heavy atom. The zero-order valence-corrected chi connectivity index (χ0v) is 12.6. The number of benzene rings is 1. The van der Waals surface area contributed by atoms with Crippen LogP contribution in [-0.4, -0.2) is 32.3 Å². The van der Waals surface area contributed by atoms with E-state index in [0.717, 1.165) is 19.4 Å². The Morgan fingerprint density at radius 2 is 2.40 bits per heavy atom. The van der Waals surface area contributed by atoms with Gasteiger partial charge in [0.15, 0.2) is 6.61 Å². The van der Waals surface area contributed by atoms with E-state index < -0.39 is 0 Å². The van der Waals surface area contributed by atoms with Crippen molar-refractivity contribution in [2.75, 3.05) is 26.4 Å². The number of nitrogens with one attached hydrogen (secondary N) is 1. The largest absolute Gasteiger partial charge is 0.483 e. The van der Waals surface area contributed by atoms with Crippen molar-refractivity contribution in [1.29, 1.82) is 0 Å². The highest BCUT2D eigenvalue weighted by Crippen LogP contribution is 2.25. The van der Waals surface area contributed by atoms with Crippen LogP contribution in [0.2, 0.25) is 0 Å². The van der Waals surface area contributed by atoms with Gasteiger partial charge < -0.3 is 14.8 Å². The number of carbonyl (C=O) groups excluding carboxylic acids is 1. The second-order valence-corrected chi connectivity index (χ2v) is 5.61. The van der Waals surface area contributed by atoms with E-state index in [2.05, 4.69) is 21.2 Å². The Morgan fingerprint density at radius 1 is 1.55 bits per heavy atom. The molecule has 1 amide bonds. The minimum absolute atomic E-state index is 0.0855. The van der Waals surface area contributed by atoms with Gasteiger partial charge in [0.05, 0.1) is 11.1 Å². The van der Waals surface area contributed by atoms with Gasteiger partial charge in [-0.3, -0.25) is 4.79 Å². The van der Waals surface area contributed by atoms with Crippen molar-refractivity contribution < 1.29 is 18.7 Å². The number of rotatable bonds is 5. The van der Waals surface area contributed by atoms with Gasteiger partial charge in [-0.15, -0.1) is 0 Å². The number of hydrogen-bond acceptors (Lipinski definition) is 3. The molecule has 0 radical (unpaired) electrons. The topological polar surface area (TPSA) is 47.6 Å². The van der Waals surface area contributed by atoms with E-state index in [0.29, 0.717) is 29.3 Å². The molecule has 0 spiro atoms. The van der Waals surface area contributed by atoms with Crippen LogP contribution in [0.15, 0.2) is 22.7 Å². The lowest BCUT2D eigenvalue weighted by Gasteiger charge is -2.22. The fraction of sp³-hybridized carbons (Fsp3) is 0.500. The molecule has 1 fully saturated rings. The van der Waals surface area contributed by atoms with Crippen LogP contribution >= 0.6 is 15.9 Å². The Labute approximate surface area is 125 Å². The first-order valence-electron chi connectivity index (χ1n) is 6.57. The van der Waals surface area contributed by atoms with Gasteiger partial charge in [0, 0.05) is 13.2 Å². The van der Waals surface area contributed by atoms with E-state index in [1.807, 2.05) is 0 Å². The first kappa shape index (κ1) is 15.3. The molecular weight excluding hydrogens is 329 g/mol. The molecule has 0 aliphatic carbocycles. The maximum absolute atomic E-state index is 12.9. The SMILES string of the molecule is O=C(COc1ccc(F)cc1Br)NCC1CCCOC1. The van der Waals surface area contributed by atoms with Crippen molar-refractivity contribution in [1.82, 2.24) is 5.32 Å². The monoisotopic (exact) mass is 345 g/mol. The van der Waals surface area contributed by atoms with Gasteiger partial charge in [0.2, 0.25) is 0 Å². The van der Waals surface area contributed by atoms with Crippen molar-refractivity contribution in [3.05, 3.63) is 28.5 Å². The van der Waals surface area contributed by atoms with Gasteiger partial charge in [-0.05, 0) is 52.9 Å². The molecule has 1 aromatic carbocycles. The third-order valence-corrected chi connectivity index (χ3v) is 3.71. The Bertz CT molecular complexity index is 464. The lowest BCUT2D eigenvalue weighted by Crippen LogP contribution is -2.35. The highest BCUT2D eigenvalue weighted by atomic mass is 79.9. The zero-order chi connectivity index (χ0) is 14.4. The van der Waals surface area contributed by atoms with Gasteiger partial charge in [0.1, 0.15) is 11.6 Å². The average Bonchev–Trinajstić information content (AvgIpc) is 2.45. The van der Waals surface area contributed by atoms with Crippen LogP contribution in [0.25, 0.3) is 0 Å². The molecule has 1 N–H and O–H groups in total. The quantitative estimate of drug-likeness (QED) is 0.891. The third-order valence-electron chi connectivity index (χ3n) is 3.10. The highest BCUT2D eigenvalue weighted by molar-refractivity contribution is 9.10. The summed E-state index contributed by atoms with van der Waals surface area (Å²) in [6.45, 7) is 2.03. The Kier molecular flexibility index (Phi) is 5.79. The summed E-state index contributed by atoms with van der Waals surface area (Å²) in [4.78, 5) is 11.7. The number of hydrogen-bond donors (Lipinski definition) is 1. The summed E-state index contributed by atoms with van der Waals surface area (Å²) in [6, 6.07) is 4.08. The predicted octanol–water partition coefficient (Wildman–Crippen LogP) is 2.51. The fourth-order valence-electron chi connectivity index (χ4n) is 2.01. The molecule has 110 valence electrons. The number of amides is 1. The molecule has 1 heterocycles. The lowest BCUT2D eigenvalue weighted by atomic mass is 10.0. The zero-order valence-electron chi connectivity index (χ0n) is 11.0. The van der Waals surface area contributed by atoms with Crippen LogP contribution in [-0.2, 0) is 9.53 Å². The summed E-state index contributed by atoms with van der Waals surface area (Å²) in [6.07, 6.45) is 2.12. The molecule has 1 aromatic rings. The molecule has 1 aliphatic rings. The van der Waals surface area contributed by atoms with Crippen LogP contribution in [0.4, 0.5) is 4.39 Å². The van der Waals surface area contributed by atoms with E-state index in [1.54, 1.807) is 0 Å². The van der Waals surface area contributed by atoms with Crippen LogP contribution < -0.4 is 10.1 Å². The molecule has 1 saturated heterocycles. The lowest BCUT2D eigenvalue weighted by molar-refractivity contribution is -0.123. The predicted molar refractivity (Wildman–Crippen MR) is 76.1 cm³/mol. The van der Waals surface area contributed by atoms with Crippen molar-refractivity contribution >= 4 is 21.8 Å². The van der Waals surface area contributed by atoms with Crippen molar-refractivity contribution in [3.8, 4) is 5.75 Å². The minimum Gasteiger partial charge on any atom is -0.483 e. The van der Waals surface area contributed by atoms with E-state index in [4.69, 9.17) is 9.47 Å². The molecule has 6 heteroatoms. The van der Waals surface area contributed by atoms with E-state index >= 15 is 0 Å². The Balaban J connectivity index is 1.71. The second kappa shape index (κ2) is 7.59. The maximum atomic E-state index is 12.9. The number of ether oxygens (including phenoxy) is 2. The van der Waals surface area contributed by atoms with Crippen molar-refractivity contribution in [3.63, 3.8) is 0 Å². The maximum Gasteiger partial charge on any atom is 0.257 e. The first-order chi connectivity index (χ1) is 9.65. The summed E-state index contributed by atoms with van der Waals surface area (Å²) in [5.41, 5.74) is 0. The van der Waals surface area contributed by atoms with Gasteiger partial charge in [-0.25, -0.2) is 4.39 Å². The molecule has 0 aromatic heterocycles. The van der Waals surface area contributed by atoms with Crippen molar-refractivity contribution in [2.24, 2.45) is 5.92 Å². The van der Waals surface area contributed by atoms with Gasteiger partial charge >= 0.3 is 0 Å². The molecule has 1 aliphatic heterocycles. The van der Waals surface area contributed by atoms with Crippen LogP contribution in [0.3, 0.4) is 0 Å². The molecule has 20 heavy (non-hydrogen) atoms. The van der Waals surface area contributed by atoms with Gasteiger partial charge in [-0.2, -0.15) is 0 Å². The normalized spacial score (nSPS) is 18.6. The van der Waals surface area contributed by atoms with Crippen molar-refractivity contribution in [2.45, 2.75) is 12.8 Å². The minimum atomic E-state index is -0.356. The second-order valence-electron chi connectivity index (χ2n) is 4.75.